The number of aryl methyl sites for hydroxylation is 2. The minimum absolute atomic E-state index is 0.358. The van der Waals surface area contributed by atoms with Crippen molar-refractivity contribution >= 4 is 17.0 Å². The third kappa shape index (κ3) is 2.25. The van der Waals surface area contributed by atoms with Gasteiger partial charge in [0.05, 0.1) is 23.2 Å². The van der Waals surface area contributed by atoms with Gasteiger partial charge >= 0.3 is 5.97 Å². The first-order chi connectivity index (χ1) is 8.11. The van der Waals surface area contributed by atoms with Crippen LogP contribution < -0.4 is 0 Å². The molecule has 88 valence electrons. The van der Waals surface area contributed by atoms with Crippen LogP contribution in [0, 0.1) is 13.8 Å². The van der Waals surface area contributed by atoms with Gasteiger partial charge in [-0.05, 0) is 38.5 Å². The predicted octanol–water partition coefficient (Wildman–Crippen LogP) is 2.42. The molecule has 0 unspecified atom stereocenters. The summed E-state index contributed by atoms with van der Waals surface area (Å²) in [6.45, 7) is 6.06. The summed E-state index contributed by atoms with van der Waals surface area (Å²) in [5.41, 5.74) is 3.99. The highest BCUT2D eigenvalue weighted by molar-refractivity contribution is 5.92. The highest BCUT2D eigenvalue weighted by atomic mass is 16.5. The van der Waals surface area contributed by atoms with E-state index in [2.05, 4.69) is 9.97 Å². The molecule has 0 saturated heterocycles. The molecule has 2 aromatic rings. The molecule has 0 spiro atoms. The second kappa shape index (κ2) is 4.49. The summed E-state index contributed by atoms with van der Waals surface area (Å²) >= 11 is 0. The van der Waals surface area contributed by atoms with Gasteiger partial charge in [-0.3, -0.25) is 9.97 Å². The molecule has 0 aliphatic heterocycles. The normalized spacial score (nSPS) is 10.5. The average Bonchev–Trinajstić information content (AvgIpc) is 2.30. The molecule has 0 aliphatic carbocycles. The molecule has 0 aliphatic rings. The lowest BCUT2D eigenvalue weighted by Crippen LogP contribution is -2.05. The topological polar surface area (TPSA) is 52.1 Å². The zero-order chi connectivity index (χ0) is 12.4. The van der Waals surface area contributed by atoms with E-state index < -0.39 is 0 Å². The van der Waals surface area contributed by atoms with Crippen LogP contribution in [0.4, 0.5) is 0 Å². The molecule has 4 nitrogen and oxygen atoms in total. The van der Waals surface area contributed by atoms with E-state index in [4.69, 9.17) is 4.74 Å². The molecule has 0 fully saturated rings. The van der Waals surface area contributed by atoms with Crippen molar-refractivity contribution in [3.05, 3.63) is 35.2 Å². The minimum Gasteiger partial charge on any atom is -0.462 e. The maximum absolute atomic E-state index is 11.6. The second-order valence-corrected chi connectivity index (χ2v) is 3.87. The van der Waals surface area contributed by atoms with Gasteiger partial charge in [0, 0.05) is 11.9 Å². The van der Waals surface area contributed by atoms with Crippen molar-refractivity contribution in [2.45, 2.75) is 20.8 Å². The Kier molecular flexibility index (Phi) is 3.04. The SMILES string of the molecule is CCOC(=O)c1cnc2cc(C)c(C)nc2c1. The maximum Gasteiger partial charge on any atom is 0.339 e. The number of esters is 1. The highest BCUT2D eigenvalue weighted by Crippen LogP contribution is 2.15. The van der Waals surface area contributed by atoms with Gasteiger partial charge in [0.15, 0.2) is 0 Å². The van der Waals surface area contributed by atoms with Crippen LogP contribution >= 0.6 is 0 Å². The number of aromatic nitrogens is 2. The number of fused-ring (bicyclic) bond motifs is 1. The number of carbonyl (C=O) groups excluding carboxylic acids is 1. The van der Waals surface area contributed by atoms with Crippen LogP contribution in [-0.4, -0.2) is 22.5 Å². The Morgan fingerprint density at radius 1 is 1.29 bits per heavy atom. The van der Waals surface area contributed by atoms with Crippen LogP contribution in [0.5, 0.6) is 0 Å². The first-order valence-corrected chi connectivity index (χ1v) is 5.53. The van der Waals surface area contributed by atoms with E-state index in [1.54, 1.807) is 13.0 Å². The molecule has 0 bridgehead atoms. The summed E-state index contributed by atoms with van der Waals surface area (Å²) in [7, 11) is 0. The number of hydrogen-bond acceptors (Lipinski definition) is 4. The molecule has 2 aromatic heterocycles. The summed E-state index contributed by atoms with van der Waals surface area (Å²) in [6.07, 6.45) is 1.52. The molecular formula is C13H14N2O2. The van der Waals surface area contributed by atoms with E-state index in [0.29, 0.717) is 12.2 Å². The molecule has 4 heteroatoms. The van der Waals surface area contributed by atoms with Crippen molar-refractivity contribution in [2.24, 2.45) is 0 Å². The Labute approximate surface area is 99.7 Å². The number of nitrogens with zero attached hydrogens (tertiary/aromatic N) is 2. The van der Waals surface area contributed by atoms with E-state index in [9.17, 15) is 4.79 Å². The van der Waals surface area contributed by atoms with Gasteiger partial charge in [0.1, 0.15) is 0 Å². The zero-order valence-corrected chi connectivity index (χ0v) is 10.2. The lowest BCUT2D eigenvalue weighted by atomic mass is 10.1. The fourth-order valence-electron chi connectivity index (χ4n) is 1.57. The maximum atomic E-state index is 11.6. The summed E-state index contributed by atoms with van der Waals surface area (Å²) in [5, 5.41) is 0. The Morgan fingerprint density at radius 3 is 2.76 bits per heavy atom. The van der Waals surface area contributed by atoms with Gasteiger partial charge in [0.2, 0.25) is 0 Å². The van der Waals surface area contributed by atoms with E-state index >= 15 is 0 Å². The van der Waals surface area contributed by atoms with E-state index in [1.165, 1.54) is 6.20 Å². The average molecular weight is 230 g/mol. The van der Waals surface area contributed by atoms with Gasteiger partial charge < -0.3 is 4.74 Å². The fourth-order valence-corrected chi connectivity index (χ4v) is 1.57. The first kappa shape index (κ1) is 11.5. The molecule has 0 radical (unpaired) electrons. The summed E-state index contributed by atoms with van der Waals surface area (Å²) in [4.78, 5) is 20.2. The highest BCUT2D eigenvalue weighted by Gasteiger charge is 2.09. The quantitative estimate of drug-likeness (QED) is 0.743. The van der Waals surface area contributed by atoms with Gasteiger partial charge in [-0.15, -0.1) is 0 Å². The Morgan fingerprint density at radius 2 is 2.06 bits per heavy atom. The minimum atomic E-state index is -0.359. The number of carbonyl (C=O) groups is 1. The lowest BCUT2D eigenvalue weighted by molar-refractivity contribution is 0.0526. The van der Waals surface area contributed by atoms with Crippen LogP contribution in [0.2, 0.25) is 0 Å². The van der Waals surface area contributed by atoms with Crippen molar-refractivity contribution in [3.63, 3.8) is 0 Å². The molecule has 2 heterocycles. The lowest BCUT2D eigenvalue weighted by Gasteiger charge is -2.05. The number of rotatable bonds is 2. The van der Waals surface area contributed by atoms with Gasteiger partial charge in [-0.2, -0.15) is 0 Å². The molecule has 0 aromatic carbocycles. The molecule has 0 N–H and O–H groups in total. The van der Waals surface area contributed by atoms with Crippen molar-refractivity contribution in [2.75, 3.05) is 6.61 Å². The van der Waals surface area contributed by atoms with E-state index in [0.717, 1.165) is 22.3 Å². The Balaban J connectivity index is 2.50. The molecule has 0 atom stereocenters. The van der Waals surface area contributed by atoms with Crippen molar-refractivity contribution in [1.82, 2.24) is 9.97 Å². The fraction of sp³-hybridized carbons (Fsp3) is 0.308. The zero-order valence-electron chi connectivity index (χ0n) is 10.2. The van der Waals surface area contributed by atoms with E-state index in [-0.39, 0.29) is 5.97 Å². The second-order valence-electron chi connectivity index (χ2n) is 3.87. The molecule has 0 saturated carbocycles. The summed E-state index contributed by atoms with van der Waals surface area (Å²) < 4.78 is 4.92. The summed E-state index contributed by atoms with van der Waals surface area (Å²) in [6, 6.07) is 3.68. The smallest absolute Gasteiger partial charge is 0.339 e. The Bertz CT molecular complexity index is 579. The largest absolute Gasteiger partial charge is 0.462 e. The third-order valence-corrected chi connectivity index (χ3v) is 2.62. The Hall–Kier alpha value is -1.97. The molecule has 17 heavy (non-hydrogen) atoms. The van der Waals surface area contributed by atoms with Crippen molar-refractivity contribution < 1.29 is 9.53 Å². The molecular weight excluding hydrogens is 216 g/mol. The first-order valence-electron chi connectivity index (χ1n) is 5.53. The number of ether oxygens (including phenoxy) is 1. The third-order valence-electron chi connectivity index (χ3n) is 2.62. The number of hydrogen-bond donors (Lipinski definition) is 0. The van der Waals surface area contributed by atoms with Crippen LogP contribution in [0.15, 0.2) is 18.3 Å². The standard InChI is InChI=1S/C13H14N2O2/c1-4-17-13(16)10-6-12-11(14-7-10)5-8(2)9(3)15-12/h5-7H,4H2,1-3H3. The van der Waals surface area contributed by atoms with Gasteiger partial charge in [-0.1, -0.05) is 0 Å². The molecule has 2 rings (SSSR count). The van der Waals surface area contributed by atoms with Crippen LogP contribution in [0.1, 0.15) is 28.5 Å². The summed E-state index contributed by atoms with van der Waals surface area (Å²) in [5.74, 6) is -0.359. The van der Waals surface area contributed by atoms with E-state index in [1.807, 2.05) is 19.9 Å². The van der Waals surface area contributed by atoms with Crippen molar-refractivity contribution in [1.29, 1.82) is 0 Å². The predicted molar refractivity (Wildman–Crippen MR) is 65.0 cm³/mol. The van der Waals surface area contributed by atoms with Crippen molar-refractivity contribution in [3.8, 4) is 0 Å². The van der Waals surface area contributed by atoms with Gasteiger partial charge in [-0.25, -0.2) is 4.79 Å². The van der Waals surface area contributed by atoms with Crippen LogP contribution in [-0.2, 0) is 4.74 Å². The van der Waals surface area contributed by atoms with Gasteiger partial charge in [0.25, 0.3) is 0 Å². The van der Waals surface area contributed by atoms with Crippen LogP contribution in [0.3, 0.4) is 0 Å². The van der Waals surface area contributed by atoms with Crippen LogP contribution in [0.25, 0.3) is 11.0 Å². The number of pyridine rings is 2. The monoisotopic (exact) mass is 230 g/mol. The molecule has 0 amide bonds.